The number of aryl methyl sites for hydroxylation is 1. The summed E-state index contributed by atoms with van der Waals surface area (Å²) in [6, 6.07) is 8.82. The van der Waals surface area contributed by atoms with E-state index in [1.54, 1.807) is 12.1 Å². The molecule has 1 heterocycles. The minimum absolute atomic E-state index is 0.296. The second kappa shape index (κ2) is 4.28. The average Bonchev–Trinajstić information content (AvgIpc) is 2.65. The second-order valence-electron chi connectivity index (χ2n) is 3.44. The van der Waals surface area contributed by atoms with Crippen molar-refractivity contribution in [3.63, 3.8) is 0 Å². The molecule has 0 saturated carbocycles. The van der Waals surface area contributed by atoms with E-state index in [2.05, 4.69) is 0 Å². The van der Waals surface area contributed by atoms with Crippen LogP contribution in [0, 0.1) is 6.92 Å². The van der Waals surface area contributed by atoms with Gasteiger partial charge in [0.25, 0.3) is 0 Å². The van der Waals surface area contributed by atoms with Crippen LogP contribution in [0.25, 0.3) is 10.4 Å². The van der Waals surface area contributed by atoms with E-state index in [0.29, 0.717) is 9.90 Å². The third kappa shape index (κ3) is 2.10. The van der Waals surface area contributed by atoms with Crippen LogP contribution in [0.2, 0.25) is 4.34 Å². The molecule has 0 atom stereocenters. The van der Waals surface area contributed by atoms with E-state index in [0.717, 1.165) is 16.0 Å². The molecule has 82 valence electrons. The molecular weight excluding hydrogens is 244 g/mol. The molecule has 0 saturated heterocycles. The minimum Gasteiger partial charge on any atom is -0.478 e. The molecule has 0 amide bonds. The number of hydrogen-bond acceptors (Lipinski definition) is 2. The van der Waals surface area contributed by atoms with E-state index in [9.17, 15) is 4.79 Å². The Hall–Kier alpha value is -1.32. The van der Waals surface area contributed by atoms with Crippen molar-refractivity contribution in [3.8, 4) is 10.4 Å². The number of carbonyl (C=O) groups is 1. The average molecular weight is 253 g/mol. The molecule has 2 aromatic rings. The van der Waals surface area contributed by atoms with Gasteiger partial charge in [-0.1, -0.05) is 17.7 Å². The highest BCUT2D eigenvalue weighted by Crippen LogP contribution is 2.33. The van der Waals surface area contributed by atoms with Gasteiger partial charge in [-0.25, -0.2) is 4.79 Å². The maximum absolute atomic E-state index is 10.9. The van der Waals surface area contributed by atoms with E-state index >= 15 is 0 Å². The molecule has 4 heteroatoms. The highest BCUT2D eigenvalue weighted by Gasteiger charge is 2.09. The SMILES string of the molecule is Cc1ccc(C(=O)O)cc1-c1ccc(Cl)s1. The Morgan fingerprint density at radius 3 is 2.62 bits per heavy atom. The van der Waals surface area contributed by atoms with Crippen molar-refractivity contribution >= 4 is 28.9 Å². The minimum atomic E-state index is -0.913. The molecule has 0 unspecified atom stereocenters. The predicted molar refractivity (Wildman–Crippen MR) is 66.5 cm³/mol. The van der Waals surface area contributed by atoms with E-state index in [1.165, 1.54) is 11.3 Å². The summed E-state index contributed by atoms with van der Waals surface area (Å²) in [7, 11) is 0. The summed E-state index contributed by atoms with van der Waals surface area (Å²) in [6.07, 6.45) is 0. The molecule has 1 N–H and O–H groups in total. The van der Waals surface area contributed by atoms with E-state index in [1.807, 2.05) is 25.1 Å². The summed E-state index contributed by atoms with van der Waals surface area (Å²) < 4.78 is 0.704. The zero-order valence-electron chi connectivity index (χ0n) is 8.53. The highest BCUT2D eigenvalue weighted by molar-refractivity contribution is 7.19. The summed E-state index contributed by atoms with van der Waals surface area (Å²) in [5.74, 6) is -0.913. The summed E-state index contributed by atoms with van der Waals surface area (Å²) >= 11 is 7.32. The molecule has 0 aliphatic carbocycles. The molecule has 16 heavy (non-hydrogen) atoms. The third-order valence-electron chi connectivity index (χ3n) is 2.32. The standard InChI is InChI=1S/C12H9ClO2S/c1-7-2-3-8(12(14)15)6-9(7)10-4-5-11(13)16-10/h2-6H,1H3,(H,14,15). The van der Waals surface area contributed by atoms with Gasteiger partial charge in [0.15, 0.2) is 0 Å². The Kier molecular flexibility index (Phi) is 2.99. The van der Waals surface area contributed by atoms with Crippen LogP contribution in [0.15, 0.2) is 30.3 Å². The highest BCUT2D eigenvalue weighted by atomic mass is 35.5. The van der Waals surface area contributed by atoms with Gasteiger partial charge in [-0.2, -0.15) is 0 Å². The number of halogens is 1. The molecule has 0 bridgehead atoms. The maximum atomic E-state index is 10.9. The van der Waals surface area contributed by atoms with Crippen molar-refractivity contribution in [1.82, 2.24) is 0 Å². The van der Waals surface area contributed by atoms with Crippen LogP contribution in [0.1, 0.15) is 15.9 Å². The molecule has 0 aliphatic rings. The zero-order chi connectivity index (χ0) is 11.7. The summed E-state index contributed by atoms with van der Waals surface area (Å²) in [4.78, 5) is 11.9. The van der Waals surface area contributed by atoms with Gasteiger partial charge in [-0.05, 0) is 42.3 Å². The topological polar surface area (TPSA) is 37.3 Å². The number of benzene rings is 1. The number of aromatic carboxylic acids is 1. The maximum Gasteiger partial charge on any atom is 0.335 e. The van der Waals surface area contributed by atoms with Crippen molar-refractivity contribution < 1.29 is 9.90 Å². The van der Waals surface area contributed by atoms with Crippen molar-refractivity contribution in [2.45, 2.75) is 6.92 Å². The van der Waals surface area contributed by atoms with Gasteiger partial charge in [0.1, 0.15) is 0 Å². The van der Waals surface area contributed by atoms with Gasteiger partial charge >= 0.3 is 5.97 Å². The number of thiophene rings is 1. The first kappa shape index (κ1) is 11.2. The van der Waals surface area contributed by atoms with E-state index < -0.39 is 5.97 Å². The molecule has 0 spiro atoms. The van der Waals surface area contributed by atoms with Crippen molar-refractivity contribution in [3.05, 3.63) is 45.8 Å². The number of carboxylic acids is 1. The molecule has 2 rings (SSSR count). The van der Waals surface area contributed by atoms with Gasteiger partial charge in [-0.3, -0.25) is 0 Å². The van der Waals surface area contributed by atoms with Crippen LogP contribution in [-0.4, -0.2) is 11.1 Å². The van der Waals surface area contributed by atoms with Gasteiger partial charge in [0.2, 0.25) is 0 Å². The van der Waals surface area contributed by atoms with Crippen LogP contribution in [0.4, 0.5) is 0 Å². The lowest BCUT2D eigenvalue weighted by atomic mass is 10.0. The monoisotopic (exact) mass is 252 g/mol. The fourth-order valence-electron chi connectivity index (χ4n) is 1.48. The van der Waals surface area contributed by atoms with Crippen molar-refractivity contribution in [2.24, 2.45) is 0 Å². The summed E-state index contributed by atoms with van der Waals surface area (Å²) in [5.41, 5.74) is 2.27. The van der Waals surface area contributed by atoms with Crippen LogP contribution in [0.3, 0.4) is 0 Å². The van der Waals surface area contributed by atoms with Crippen LogP contribution < -0.4 is 0 Å². The zero-order valence-corrected chi connectivity index (χ0v) is 10.1. The van der Waals surface area contributed by atoms with Gasteiger partial charge < -0.3 is 5.11 Å². The second-order valence-corrected chi connectivity index (χ2v) is 5.15. The molecule has 2 nitrogen and oxygen atoms in total. The lowest BCUT2D eigenvalue weighted by Gasteiger charge is -2.04. The normalized spacial score (nSPS) is 10.4. The molecule has 1 aromatic heterocycles. The quantitative estimate of drug-likeness (QED) is 0.875. The van der Waals surface area contributed by atoms with Gasteiger partial charge in [-0.15, -0.1) is 11.3 Å². The van der Waals surface area contributed by atoms with Gasteiger partial charge in [0.05, 0.1) is 9.90 Å². The number of rotatable bonds is 2. The first-order valence-electron chi connectivity index (χ1n) is 4.67. The lowest BCUT2D eigenvalue weighted by molar-refractivity contribution is 0.0697. The van der Waals surface area contributed by atoms with Crippen LogP contribution >= 0.6 is 22.9 Å². The Bertz CT molecular complexity index is 546. The first-order valence-corrected chi connectivity index (χ1v) is 5.87. The van der Waals surface area contributed by atoms with E-state index in [-0.39, 0.29) is 0 Å². The third-order valence-corrected chi connectivity index (χ3v) is 3.59. The van der Waals surface area contributed by atoms with Crippen LogP contribution in [0.5, 0.6) is 0 Å². The Balaban J connectivity index is 2.55. The number of carboxylic acid groups (broad SMARTS) is 1. The molecule has 0 aliphatic heterocycles. The summed E-state index contributed by atoms with van der Waals surface area (Å²) in [5, 5.41) is 8.93. The van der Waals surface area contributed by atoms with Crippen molar-refractivity contribution in [1.29, 1.82) is 0 Å². The Morgan fingerprint density at radius 1 is 1.31 bits per heavy atom. The first-order chi connectivity index (χ1) is 7.58. The largest absolute Gasteiger partial charge is 0.478 e. The van der Waals surface area contributed by atoms with Crippen molar-refractivity contribution in [2.75, 3.05) is 0 Å². The number of hydrogen-bond donors (Lipinski definition) is 1. The van der Waals surface area contributed by atoms with Crippen LogP contribution in [-0.2, 0) is 0 Å². The molecule has 0 radical (unpaired) electrons. The smallest absolute Gasteiger partial charge is 0.335 e. The fourth-order valence-corrected chi connectivity index (χ4v) is 2.60. The molecule has 0 fully saturated rings. The summed E-state index contributed by atoms with van der Waals surface area (Å²) in [6.45, 7) is 1.95. The Labute approximate surface area is 102 Å². The molecule has 1 aromatic carbocycles. The molecular formula is C12H9ClO2S. The van der Waals surface area contributed by atoms with Gasteiger partial charge in [0, 0.05) is 4.88 Å². The van der Waals surface area contributed by atoms with E-state index in [4.69, 9.17) is 16.7 Å². The Morgan fingerprint density at radius 2 is 2.06 bits per heavy atom. The lowest BCUT2D eigenvalue weighted by Crippen LogP contribution is -1.96. The fraction of sp³-hybridized carbons (Fsp3) is 0.0833. The predicted octanol–water partition coefficient (Wildman–Crippen LogP) is 4.08.